The molecule has 51 heteroatoms. The largest absolute Gasteiger partial charge is 0.502 e. The molecule has 678 valence electrons. The second-order valence-corrected chi connectivity index (χ2v) is 37.5. The average molecular weight is 1880 g/mol. The fourth-order valence-electron chi connectivity index (χ4n) is 16.1. The van der Waals surface area contributed by atoms with E-state index >= 15 is 0 Å². The van der Waals surface area contributed by atoms with Crippen molar-refractivity contribution in [2.45, 2.75) is 112 Å². The van der Waals surface area contributed by atoms with E-state index in [4.69, 9.17) is 41.9 Å². The normalized spacial score (nSPS) is 19.5. The van der Waals surface area contributed by atoms with Crippen LogP contribution in [0.15, 0.2) is 121 Å². The van der Waals surface area contributed by atoms with E-state index < -0.39 is 84.1 Å². The van der Waals surface area contributed by atoms with E-state index in [2.05, 4.69) is 88.2 Å². The fourth-order valence-corrected chi connectivity index (χ4v) is 21.4. The minimum absolute atomic E-state index is 0.000596. The SMILES string of the molecule is Cc1ccc2c(c1)[C@@H](C)Oc1nc(cnc1N)-c1c(nn(C)c1C#N)CN1C(=O)NS(=O)(=O)N21.Cc1ccc2c(c1)[C@@H](C)Oc1nc(cnc1N)-c1c(nn(C)c1C#N)CN1C(=O)NS(=O)N21.Cc1ccc2c(c1)[C@@H](C)Oc1nc(cnc1N)-c1c(nn(C)c1C#N)CN1CCS(=O)(=O)N21.Cc1ccc2c(c1)[C@@H](C)Oc1nc(cnc1N)C1=C(C#N)C(C)N=[N+]1S(=O)(=O)n1ccnc1-2. The minimum atomic E-state index is -4.32. The van der Waals surface area contributed by atoms with Gasteiger partial charge in [-0.3, -0.25) is 14.0 Å². The summed E-state index contributed by atoms with van der Waals surface area (Å²) in [6, 6.07) is 27.9. The van der Waals surface area contributed by atoms with E-state index in [1.165, 1.54) is 65.1 Å². The standard InChI is InChI=1S/C21H22N8O3S.C21H19N8O3S.C20H19N9O4S.C20H19N9O3S/c1-12-4-5-17-14(8-12)13(2)32-21-20(23)24-10-15(25-21)19-16(26-27(3)18(19)9-22)11-28-6-7-33(30,31)29(17)28;1-11-4-5-14-15(8-11)13(3)32-21-19(23)25-10-17(26-21)18-16(9-22)12(2)27-29(18)33(30,31)28-7-6-24-20(14)28;1-10-4-5-15-12(6-10)11(2)33-19-18(22)23-8-13(24-19)17-14(25-27(3)16(17)7-21)9-28-20(30)26-34(31,32)29(15)28;1-10-4-5-15-12(6-10)11(2)32-19-18(22)23-8-13(24-19)17-14(25-27(3)16(17)7-21)9-28-20(30)26-33(31)29(15)28/h4-5,8,10,13H,6-7,11H2,1-3H3,(H2,23,24);4-8,10,12-13H,1-3H3,(H2,23,25);4-6,8,11H,9H2,1-3H3,(H2,22,23)(H,26,30);4-6,8,11H,9H2,1-3H3,(H2,22,23)(H,26,30)/q;+1;;/t13-;12?,13-;11-;11-,33?/m1111/s1. The van der Waals surface area contributed by atoms with Gasteiger partial charge in [0, 0.05) is 67.9 Å². The molecule has 0 saturated carbocycles. The second-order valence-electron chi connectivity index (χ2n) is 31.4. The number of aryl methyl sites for hydroxylation is 7. The topological polar surface area (TPSA) is 623 Å². The van der Waals surface area contributed by atoms with Gasteiger partial charge < -0.3 is 41.9 Å². The van der Waals surface area contributed by atoms with Crippen LogP contribution in [0.4, 0.5) is 49.9 Å². The number of ether oxygens (including phenoxy) is 4. The van der Waals surface area contributed by atoms with Crippen LogP contribution < -0.4 is 64.6 Å². The maximum absolute atomic E-state index is 13.8. The van der Waals surface area contributed by atoms with Crippen LogP contribution >= 0.6 is 0 Å². The molecular formula is C82H79N34O13S4+. The van der Waals surface area contributed by atoms with Crippen molar-refractivity contribution in [2.24, 2.45) is 26.3 Å². The van der Waals surface area contributed by atoms with Crippen molar-refractivity contribution >= 4 is 99.7 Å². The number of nitrogens with one attached hydrogen (secondary N) is 2. The number of aromatic nitrogens is 16. The number of nitrogens with two attached hydrogens (primary N) is 4. The lowest BCUT2D eigenvalue weighted by Gasteiger charge is -2.31. The molecule has 8 aliphatic heterocycles. The van der Waals surface area contributed by atoms with Crippen molar-refractivity contribution in [1.29, 1.82) is 21.0 Å². The Morgan fingerprint density at radius 2 is 0.910 bits per heavy atom. The zero-order valence-electron chi connectivity index (χ0n) is 72.6. The Kier molecular flexibility index (Phi) is 22.4. The third kappa shape index (κ3) is 15.7. The number of carbonyl (C=O) groups is 2. The zero-order chi connectivity index (χ0) is 94.8. The van der Waals surface area contributed by atoms with Crippen LogP contribution in [0.25, 0.3) is 50.9 Å². The molecule has 0 spiro atoms. The number of nitrogen functional groups attached to an aromatic ring is 4. The lowest BCUT2D eigenvalue weighted by Crippen LogP contribution is -2.41. The van der Waals surface area contributed by atoms with Crippen molar-refractivity contribution in [3.05, 3.63) is 200 Å². The number of nitriles is 4. The predicted octanol–water partition coefficient (Wildman–Crippen LogP) is 7.14. The highest BCUT2D eigenvalue weighted by atomic mass is 32.2. The molecule has 0 radical (unpaired) electrons. The van der Waals surface area contributed by atoms with Crippen LogP contribution in [0.5, 0.6) is 23.5 Å². The van der Waals surface area contributed by atoms with Gasteiger partial charge in [0.15, 0.2) is 40.8 Å². The number of hydrogen-bond acceptors (Lipinski definition) is 35. The molecule has 20 rings (SSSR count). The number of hydrogen-bond donors (Lipinski definition) is 6. The van der Waals surface area contributed by atoms with Crippen molar-refractivity contribution in [1.82, 2.24) is 103 Å². The molecule has 12 aromatic rings. The van der Waals surface area contributed by atoms with Gasteiger partial charge in [-0.25, -0.2) is 86.5 Å². The highest BCUT2D eigenvalue weighted by Gasteiger charge is 2.50. The number of sulfonamides is 1. The Hall–Kier alpha value is -16.4. The van der Waals surface area contributed by atoms with Gasteiger partial charge in [0.1, 0.15) is 71.3 Å². The molecule has 3 saturated heterocycles. The molecule has 6 atom stereocenters. The molecule has 0 aliphatic carbocycles. The average Bonchev–Trinajstić information content (AvgIpc) is 1.62. The highest BCUT2D eigenvalue weighted by Crippen LogP contribution is 2.46. The molecule has 8 aliphatic rings. The number of amides is 4. The number of carbonyl (C=O) groups excluding carboxylic acids is 2. The van der Waals surface area contributed by atoms with E-state index in [0.29, 0.717) is 73.1 Å². The molecule has 4 amide bonds. The van der Waals surface area contributed by atoms with Crippen LogP contribution in [-0.4, -0.2) is 157 Å². The number of azo groups is 1. The predicted molar refractivity (Wildman–Crippen MR) is 474 cm³/mol. The number of hydrazine groups is 3. The Bertz CT molecular complexity index is 7620. The maximum Gasteiger partial charge on any atom is 0.502 e. The van der Waals surface area contributed by atoms with Gasteiger partial charge in [-0.1, -0.05) is 76.9 Å². The first-order valence-electron chi connectivity index (χ1n) is 40.5. The van der Waals surface area contributed by atoms with Crippen LogP contribution in [0, 0.1) is 73.0 Å². The molecule has 2 unspecified atom stereocenters. The number of imidazole rings is 1. The molecule has 8 bridgehead atoms. The van der Waals surface area contributed by atoms with Gasteiger partial charge in [-0.2, -0.15) is 67.0 Å². The molecule has 10 N–H and O–H groups in total. The van der Waals surface area contributed by atoms with E-state index in [0.717, 1.165) is 39.8 Å². The summed E-state index contributed by atoms with van der Waals surface area (Å²) >= 11 is -1.87. The third-order valence-corrected chi connectivity index (χ3v) is 27.9. The summed E-state index contributed by atoms with van der Waals surface area (Å²) < 4.78 is 131. The van der Waals surface area contributed by atoms with Gasteiger partial charge in [-0.15, -0.1) is 8.42 Å². The van der Waals surface area contributed by atoms with Gasteiger partial charge in [0.05, 0.1) is 122 Å². The first-order valence-corrected chi connectivity index (χ1v) is 46.0. The molecule has 8 aromatic heterocycles. The summed E-state index contributed by atoms with van der Waals surface area (Å²) in [7, 11) is -7.36. The molecule has 47 nitrogen and oxygen atoms in total. The van der Waals surface area contributed by atoms with E-state index in [9.17, 15) is 60.1 Å². The Labute approximate surface area is 761 Å². The fraction of sp³-hybridized carbons (Fsp3) is 0.268. The van der Waals surface area contributed by atoms with E-state index in [1.54, 1.807) is 97.2 Å². The molecule has 4 aromatic carbocycles. The number of urea groups is 2. The Morgan fingerprint density at radius 1 is 0.504 bits per heavy atom. The minimum Gasteiger partial charge on any atom is -0.467 e. The summed E-state index contributed by atoms with van der Waals surface area (Å²) in [6.07, 6.45) is 5.86. The quantitative estimate of drug-likeness (QED) is 0.0821. The monoisotopic (exact) mass is 1880 g/mol. The smallest absolute Gasteiger partial charge is 0.467 e. The summed E-state index contributed by atoms with van der Waals surface area (Å²) in [5.41, 5.74) is 36.2. The van der Waals surface area contributed by atoms with Crippen LogP contribution in [0.3, 0.4) is 0 Å². The third-order valence-electron chi connectivity index (χ3n) is 22.4. The Morgan fingerprint density at radius 3 is 1.38 bits per heavy atom. The maximum atomic E-state index is 13.8. The molecular weight excluding hydrogens is 1800 g/mol. The van der Waals surface area contributed by atoms with Gasteiger partial charge >= 0.3 is 32.5 Å². The lowest BCUT2D eigenvalue weighted by molar-refractivity contribution is -0.336. The van der Waals surface area contributed by atoms with Crippen molar-refractivity contribution in [3.8, 4) is 93.0 Å². The van der Waals surface area contributed by atoms with E-state index in [-0.39, 0.29) is 141 Å². The second kappa shape index (κ2) is 33.6. The number of benzene rings is 4. The first kappa shape index (κ1) is 88.7. The van der Waals surface area contributed by atoms with Crippen LogP contribution in [0.2, 0.25) is 0 Å². The summed E-state index contributed by atoms with van der Waals surface area (Å²) in [4.78, 5) is 64.7. The van der Waals surface area contributed by atoms with Crippen molar-refractivity contribution < 1.29 is 62.1 Å². The van der Waals surface area contributed by atoms with Crippen LogP contribution in [0.1, 0.15) is 143 Å². The van der Waals surface area contributed by atoms with Gasteiger partial charge in [-0.05, 0) is 85.6 Å². The van der Waals surface area contributed by atoms with Gasteiger partial charge in [0.2, 0.25) is 21.2 Å². The number of rotatable bonds is 0. The Balaban J connectivity index is 0.000000124. The molecule has 3 fully saturated rings. The van der Waals surface area contributed by atoms with Gasteiger partial charge in [0.25, 0.3) is 29.2 Å². The number of anilines is 7. The first-order chi connectivity index (χ1) is 63.3. The number of fused-ring (bicyclic) bond motifs is 28. The summed E-state index contributed by atoms with van der Waals surface area (Å²) in [5, 5.41) is 60.6. The zero-order valence-corrected chi connectivity index (χ0v) is 75.9. The molecule has 133 heavy (non-hydrogen) atoms. The lowest BCUT2D eigenvalue weighted by atomic mass is 10.00. The van der Waals surface area contributed by atoms with E-state index in [1.807, 2.05) is 74.9 Å². The van der Waals surface area contributed by atoms with Crippen molar-refractivity contribution in [3.63, 3.8) is 0 Å². The van der Waals surface area contributed by atoms with Crippen LogP contribution in [-0.2, 0) is 82.4 Å². The summed E-state index contributed by atoms with van der Waals surface area (Å²) in [5.74, 6) is 0.645. The number of nitrogens with zero attached hydrogens (tertiary/aromatic N) is 28. The molecule has 16 heterocycles. The van der Waals surface area contributed by atoms with Crippen molar-refractivity contribution in [2.75, 3.05) is 48.5 Å². The summed E-state index contributed by atoms with van der Waals surface area (Å²) in [6.45, 7) is 16.5. The highest BCUT2D eigenvalue weighted by molar-refractivity contribution is 7.93.